The molecular weight excluding hydrogens is 218 g/mol. The number of hydrogen-bond acceptors (Lipinski definition) is 4. The number of hydrogen-bond donors (Lipinski definition) is 1. The quantitative estimate of drug-likeness (QED) is 0.801. The Morgan fingerprint density at radius 1 is 1.19 bits per heavy atom. The SMILES string of the molecule is N#Cc1cccc(Sc2ccncc2)c1N. The van der Waals surface area contributed by atoms with E-state index in [-0.39, 0.29) is 0 Å². The summed E-state index contributed by atoms with van der Waals surface area (Å²) in [6, 6.07) is 11.3. The Kier molecular flexibility index (Phi) is 3.08. The molecule has 0 spiro atoms. The summed E-state index contributed by atoms with van der Waals surface area (Å²) in [5, 5.41) is 8.86. The van der Waals surface area contributed by atoms with E-state index >= 15 is 0 Å². The second-order valence-electron chi connectivity index (χ2n) is 3.11. The molecule has 0 atom stereocenters. The number of nitriles is 1. The molecule has 0 saturated heterocycles. The maximum atomic E-state index is 8.86. The molecule has 1 aromatic heterocycles. The molecule has 0 saturated carbocycles. The van der Waals surface area contributed by atoms with E-state index in [0.29, 0.717) is 11.3 Å². The highest BCUT2D eigenvalue weighted by Crippen LogP contribution is 2.32. The second-order valence-corrected chi connectivity index (χ2v) is 4.23. The largest absolute Gasteiger partial charge is 0.397 e. The molecule has 2 aromatic rings. The van der Waals surface area contributed by atoms with Gasteiger partial charge in [0, 0.05) is 22.2 Å². The molecule has 0 radical (unpaired) electrons. The Hall–Kier alpha value is -1.99. The average Bonchev–Trinajstić information content (AvgIpc) is 2.33. The topological polar surface area (TPSA) is 62.7 Å². The summed E-state index contributed by atoms with van der Waals surface area (Å²) < 4.78 is 0. The average molecular weight is 227 g/mol. The van der Waals surface area contributed by atoms with Gasteiger partial charge in [0.25, 0.3) is 0 Å². The van der Waals surface area contributed by atoms with Gasteiger partial charge in [0.2, 0.25) is 0 Å². The van der Waals surface area contributed by atoms with Gasteiger partial charge in [-0.3, -0.25) is 4.98 Å². The standard InChI is InChI=1S/C12H9N3S/c13-8-9-2-1-3-11(12(9)14)16-10-4-6-15-7-5-10/h1-7H,14H2. The zero-order chi connectivity index (χ0) is 11.4. The maximum Gasteiger partial charge on any atom is 0.101 e. The zero-order valence-electron chi connectivity index (χ0n) is 8.42. The van der Waals surface area contributed by atoms with Crippen molar-refractivity contribution in [1.82, 2.24) is 4.98 Å². The fraction of sp³-hybridized carbons (Fsp3) is 0. The van der Waals surface area contributed by atoms with Crippen LogP contribution in [0.4, 0.5) is 5.69 Å². The molecule has 1 heterocycles. The van der Waals surface area contributed by atoms with Crippen molar-refractivity contribution in [3.05, 3.63) is 48.3 Å². The third-order valence-electron chi connectivity index (χ3n) is 2.06. The summed E-state index contributed by atoms with van der Waals surface area (Å²) in [6.07, 6.45) is 3.46. The number of nitrogen functional groups attached to an aromatic ring is 1. The summed E-state index contributed by atoms with van der Waals surface area (Å²) in [7, 11) is 0. The molecule has 0 aliphatic heterocycles. The van der Waals surface area contributed by atoms with Crippen LogP contribution in [0.1, 0.15) is 5.56 Å². The molecule has 0 bridgehead atoms. The lowest BCUT2D eigenvalue weighted by atomic mass is 10.2. The van der Waals surface area contributed by atoms with Crippen LogP contribution in [0.2, 0.25) is 0 Å². The fourth-order valence-corrected chi connectivity index (χ4v) is 2.14. The number of pyridine rings is 1. The number of para-hydroxylation sites is 1. The third-order valence-corrected chi connectivity index (χ3v) is 3.15. The van der Waals surface area contributed by atoms with Gasteiger partial charge in [0.1, 0.15) is 6.07 Å². The van der Waals surface area contributed by atoms with Gasteiger partial charge in [-0.25, -0.2) is 0 Å². The van der Waals surface area contributed by atoms with Crippen LogP contribution < -0.4 is 5.73 Å². The van der Waals surface area contributed by atoms with E-state index in [0.717, 1.165) is 9.79 Å². The minimum absolute atomic E-state index is 0.513. The van der Waals surface area contributed by atoms with Crippen molar-refractivity contribution in [3.63, 3.8) is 0 Å². The molecule has 78 valence electrons. The van der Waals surface area contributed by atoms with Crippen LogP contribution in [-0.4, -0.2) is 4.98 Å². The predicted octanol–water partition coefficient (Wildman–Crippen LogP) is 2.69. The summed E-state index contributed by atoms with van der Waals surface area (Å²) in [4.78, 5) is 5.89. The first-order valence-corrected chi connectivity index (χ1v) is 5.49. The fourth-order valence-electron chi connectivity index (χ4n) is 1.26. The molecule has 16 heavy (non-hydrogen) atoms. The van der Waals surface area contributed by atoms with Crippen molar-refractivity contribution >= 4 is 17.4 Å². The summed E-state index contributed by atoms with van der Waals surface area (Å²) in [5.74, 6) is 0. The van der Waals surface area contributed by atoms with Crippen molar-refractivity contribution in [3.8, 4) is 6.07 Å². The van der Waals surface area contributed by atoms with E-state index < -0.39 is 0 Å². The first-order chi connectivity index (χ1) is 7.81. The summed E-state index contributed by atoms with van der Waals surface area (Å²) >= 11 is 1.53. The summed E-state index contributed by atoms with van der Waals surface area (Å²) in [6.45, 7) is 0. The Bertz CT molecular complexity index is 532. The van der Waals surface area contributed by atoms with Crippen LogP contribution in [0.15, 0.2) is 52.5 Å². The van der Waals surface area contributed by atoms with E-state index in [1.807, 2.05) is 24.3 Å². The van der Waals surface area contributed by atoms with Crippen LogP contribution in [0.3, 0.4) is 0 Å². The Morgan fingerprint density at radius 3 is 2.62 bits per heavy atom. The molecule has 0 aliphatic carbocycles. The number of anilines is 1. The molecule has 0 fully saturated rings. The molecular formula is C12H9N3S. The van der Waals surface area contributed by atoms with Crippen molar-refractivity contribution in [1.29, 1.82) is 5.26 Å². The van der Waals surface area contributed by atoms with Crippen LogP contribution in [0.25, 0.3) is 0 Å². The lowest BCUT2D eigenvalue weighted by molar-refractivity contribution is 1.26. The molecule has 0 aliphatic rings. The highest BCUT2D eigenvalue weighted by molar-refractivity contribution is 7.99. The molecule has 3 nitrogen and oxygen atoms in total. The smallest absolute Gasteiger partial charge is 0.101 e. The Labute approximate surface area is 97.9 Å². The number of nitrogens with two attached hydrogens (primary N) is 1. The second kappa shape index (κ2) is 4.69. The maximum absolute atomic E-state index is 8.86. The number of rotatable bonds is 2. The third kappa shape index (κ3) is 2.15. The molecule has 0 amide bonds. The minimum Gasteiger partial charge on any atom is -0.397 e. The monoisotopic (exact) mass is 227 g/mol. The van der Waals surface area contributed by atoms with Gasteiger partial charge in [0.05, 0.1) is 11.3 Å². The Balaban J connectivity index is 2.33. The van der Waals surface area contributed by atoms with E-state index in [4.69, 9.17) is 11.0 Å². The van der Waals surface area contributed by atoms with Crippen molar-refractivity contribution in [2.24, 2.45) is 0 Å². The number of aromatic nitrogens is 1. The Morgan fingerprint density at radius 2 is 1.94 bits per heavy atom. The van der Waals surface area contributed by atoms with Crippen molar-refractivity contribution in [2.45, 2.75) is 9.79 Å². The van der Waals surface area contributed by atoms with Gasteiger partial charge in [-0.1, -0.05) is 17.8 Å². The van der Waals surface area contributed by atoms with Crippen molar-refractivity contribution < 1.29 is 0 Å². The molecule has 1 aromatic carbocycles. The molecule has 4 heteroatoms. The van der Waals surface area contributed by atoms with Gasteiger partial charge in [-0.15, -0.1) is 0 Å². The van der Waals surface area contributed by atoms with Gasteiger partial charge >= 0.3 is 0 Å². The molecule has 2 rings (SSSR count). The van der Waals surface area contributed by atoms with Crippen LogP contribution in [-0.2, 0) is 0 Å². The van der Waals surface area contributed by atoms with Crippen molar-refractivity contribution in [2.75, 3.05) is 5.73 Å². The zero-order valence-corrected chi connectivity index (χ0v) is 9.24. The lowest BCUT2D eigenvalue weighted by Crippen LogP contribution is -1.92. The van der Waals surface area contributed by atoms with Gasteiger partial charge in [0.15, 0.2) is 0 Å². The first kappa shape index (κ1) is 10.5. The lowest BCUT2D eigenvalue weighted by Gasteiger charge is -2.05. The highest BCUT2D eigenvalue weighted by Gasteiger charge is 2.05. The van der Waals surface area contributed by atoms with E-state index in [9.17, 15) is 0 Å². The molecule has 2 N–H and O–H groups in total. The van der Waals surface area contributed by atoms with Gasteiger partial charge in [-0.2, -0.15) is 5.26 Å². The van der Waals surface area contributed by atoms with Crippen LogP contribution in [0, 0.1) is 11.3 Å². The van der Waals surface area contributed by atoms with E-state index in [1.54, 1.807) is 18.5 Å². The summed E-state index contributed by atoms with van der Waals surface area (Å²) in [5.41, 5.74) is 6.93. The van der Waals surface area contributed by atoms with Gasteiger partial charge in [-0.05, 0) is 24.3 Å². The number of benzene rings is 1. The normalized spacial score (nSPS) is 9.69. The van der Waals surface area contributed by atoms with Crippen LogP contribution >= 0.6 is 11.8 Å². The first-order valence-electron chi connectivity index (χ1n) is 4.67. The number of nitrogens with zero attached hydrogens (tertiary/aromatic N) is 2. The van der Waals surface area contributed by atoms with Gasteiger partial charge < -0.3 is 5.73 Å². The van der Waals surface area contributed by atoms with E-state index in [1.165, 1.54) is 11.8 Å². The predicted molar refractivity (Wildman–Crippen MR) is 63.9 cm³/mol. The van der Waals surface area contributed by atoms with E-state index in [2.05, 4.69) is 11.1 Å². The van der Waals surface area contributed by atoms with Crippen LogP contribution in [0.5, 0.6) is 0 Å². The molecule has 0 unspecified atom stereocenters. The minimum atomic E-state index is 0.513. The highest BCUT2D eigenvalue weighted by atomic mass is 32.2.